The predicted molar refractivity (Wildman–Crippen MR) is 103 cm³/mol. The molecule has 1 aliphatic rings. The Morgan fingerprint density at radius 3 is 2.62 bits per heavy atom. The molecule has 2 amide bonds. The van der Waals surface area contributed by atoms with Gasteiger partial charge in [0.25, 0.3) is 5.91 Å². The Kier molecular flexibility index (Phi) is 5.18. The van der Waals surface area contributed by atoms with Gasteiger partial charge in [-0.05, 0) is 72.2 Å². The molecule has 1 aliphatic heterocycles. The van der Waals surface area contributed by atoms with Crippen LogP contribution in [-0.4, -0.2) is 29.3 Å². The third kappa shape index (κ3) is 3.61. The highest BCUT2D eigenvalue weighted by atomic mass is 127. The minimum atomic E-state index is -0.406. The SMILES string of the molecule is Cc1ccc(NC(=O)[C@@H]2CCCN2C(=O)c2ccccc2)cc1I. The van der Waals surface area contributed by atoms with Crippen LogP contribution in [0.4, 0.5) is 5.69 Å². The Morgan fingerprint density at radius 1 is 1.17 bits per heavy atom. The molecular weight excluding hydrogens is 415 g/mol. The van der Waals surface area contributed by atoms with Crippen LogP contribution in [0.2, 0.25) is 0 Å². The lowest BCUT2D eigenvalue weighted by atomic mass is 10.1. The summed E-state index contributed by atoms with van der Waals surface area (Å²) in [7, 11) is 0. The number of carbonyl (C=O) groups is 2. The monoisotopic (exact) mass is 434 g/mol. The van der Waals surface area contributed by atoms with Crippen molar-refractivity contribution in [2.75, 3.05) is 11.9 Å². The van der Waals surface area contributed by atoms with Crippen LogP contribution in [0.3, 0.4) is 0 Å². The van der Waals surface area contributed by atoms with E-state index in [-0.39, 0.29) is 11.8 Å². The second-order valence-electron chi connectivity index (χ2n) is 5.98. The third-order valence-electron chi connectivity index (χ3n) is 4.28. The summed E-state index contributed by atoms with van der Waals surface area (Å²) in [6.45, 7) is 2.65. The quantitative estimate of drug-likeness (QED) is 0.747. The number of carbonyl (C=O) groups excluding carboxylic acids is 2. The zero-order valence-electron chi connectivity index (χ0n) is 13.5. The van der Waals surface area contributed by atoms with Crippen LogP contribution < -0.4 is 5.32 Å². The topological polar surface area (TPSA) is 49.4 Å². The number of likely N-dealkylation sites (tertiary alicyclic amines) is 1. The van der Waals surface area contributed by atoms with Gasteiger partial charge in [0.05, 0.1) is 0 Å². The van der Waals surface area contributed by atoms with E-state index in [9.17, 15) is 9.59 Å². The summed E-state index contributed by atoms with van der Waals surface area (Å²) in [4.78, 5) is 27.0. The summed E-state index contributed by atoms with van der Waals surface area (Å²) in [5.41, 5.74) is 2.58. The molecule has 0 aromatic heterocycles. The number of hydrogen-bond acceptors (Lipinski definition) is 2. The average Bonchev–Trinajstić information content (AvgIpc) is 3.08. The van der Waals surface area contributed by atoms with Crippen LogP contribution in [0.15, 0.2) is 48.5 Å². The number of aryl methyl sites for hydroxylation is 1. The van der Waals surface area contributed by atoms with E-state index in [0.29, 0.717) is 18.5 Å². The van der Waals surface area contributed by atoms with Gasteiger partial charge in [0.1, 0.15) is 6.04 Å². The molecule has 5 heteroatoms. The highest BCUT2D eigenvalue weighted by Gasteiger charge is 2.34. The lowest BCUT2D eigenvalue weighted by Crippen LogP contribution is -2.43. The summed E-state index contributed by atoms with van der Waals surface area (Å²) in [6.07, 6.45) is 1.55. The van der Waals surface area contributed by atoms with Gasteiger partial charge >= 0.3 is 0 Å². The molecule has 124 valence electrons. The van der Waals surface area contributed by atoms with Crippen molar-refractivity contribution in [2.45, 2.75) is 25.8 Å². The number of halogens is 1. The molecule has 24 heavy (non-hydrogen) atoms. The van der Waals surface area contributed by atoms with E-state index in [1.165, 1.54) is 5.56 Å². The molecule has 3 rings (SSSR count). The molecule has 0 unspecified atom stereocenters. The summed E-state index contributed by atoms with van der Waals surface area (Å²) in [5.74, 6) is -0.192. The van der Waals surface area contributed by atoms with Crippen molar-refractivity contribution < 1.29 is 9.59 Å². The number of hydrogen-bond donors (Lipinski definition) is 1. The first-order valence-corrected chi connectivity index (χ1v) is 9.07. The number of nitrogens with one attached hydrogen (secondary N) is 1. The zero-order chi connectivity index (χ0) is 17.1. The molecule has 0 saturated carbocycles. The minimum absolute atomic E-state index is 0.0771. The molecule has 2 aromatic carbocycles. The molecular formula is C19H19IN2O2. The normalized spacial score (nSPS) is 16.9. The van der Waals surface area contributed by atoms with E-state index in [2.05, 4.69) is 27.9 Å². The van der Waals surface area contributed by atoms with Gasteiger partial charge in [-0.2, -0.15) is 0 Å². The summed E-state index contributed by atoms with van der Waals surface area (Å²) in [5, 5.41) is 2.95. The second kappa shape index (κ2) is 7.34. The van der Waals surface area contributed by atoms with Gasteiger partial charge in [-0.1, -0.05) is 24.3 Å². The molecule has 2 aromatic rings. The van der Waals surface area contributed by atoms with Crippen molar-refractivity contribution in [3.63, 3.8) is 0 Å². The van der Waals surface area contributed by atoms with Crippen molar-refractivity contribution in [3.05, 3.63) is 63.2 Å². The standard InChI is InChI=1S/C19H19IN2O2/c1-13-9-10-15(12-16(13)20)21-18(23)17-8-5-11-22(17)19(24)14-6-3-2-4-7-14/h2-4,6-7,9-10,12,17H,5,8,11H2,1H3,(H,21,23)/t17-/m0/s1. The fraction of sp³-hybridized carbons (Fsp3) is 0.263. The van der Waals surface area contributed by atoms with Crippen molar-refractivity contribution in [3.8, 4) is 0 Å². The maximum absolute atomic E-state index is 12.7. The van der Waals surface area contributed by atoms with Crippen LogP contribution in [0, 0.1) is 10.5 Å². The number of benzene rings is 2. The van der Waals surface area contributed by atoms with Crippen LogP contribution in [0.25, 0.3) is 0 Å². The second-order valence-corrected chi connectivity index (χ2v) is 7.14. The molecule has 1 atom stereocenters. The van der Waals surface area contributed by atoms with Gasteiger partial charge in [-0.25, -0.2) is 0 Å². The summed E-state index contributed by atoms with van der Waals surface area (Å²) < 4.78 is 1.11. The molecule has 0 aliphatic carbocycles. The lowest BCUT2D eigenvalue weighted by Gasteiger charge is -2.24. The van der Waals surface area contributed by atoms with Crippen molar-refractivity contribution in [1.29, 1.82) is 0 Å². The minimum Gasteiger partial charge on any atom is -0.327 e. The fourth-order valence-corrected chi connectivity index (χ4v) is 3.44. The van der Waals surface area contributed by atoms with Gasteiger partial charge in [0.15, 0.2) is 0 Å². The van der Waals surface area contributed by atoms with Gasteiger partial charge < -0.3 is 10.2 Å². The number of rotatable bonds is 3. The largest absolute Gasteiger partial charge is 0.327 e. The maximum atomic E-state index is 12.7. The Labute approximate surface area is 155 Å². The van der Waals surface area contributed by atoms with Crippen LogP contribution in [0.5, 0.6) is 0 Å². The number of nitrogens with zero attached hydrogens (tertiary/aromatic N) is 1. The van der Waals surface area contributed by atoms with Gasteiger partial charge in [0.2, 0.25) is 5.91 Å². The third-order valence-corrected chi connectivity index (χ3v) is 5.44. The number of amides is 2. The van der Waals surface area contributed by atoms with E-state index in [0.717, 1.165) is 15.7 Å². The number of anilines is 1. The smallest absolute Gasteiger partial charge is 0.254 e. The Hall–Kier alpha value is -1.89. The van der Waals surface area contributed by atoms with Gasteiger partial charge in [-0.15, -0.1) is 0 Å². The first-order chi connectivity index (χ1) is 11.6. The highest BCUT2D eigenvalue weighted by Crippen LogP contribution is 2.23. The molecule has 4 nitrogen and oxygen atoms in total. The first kappa shape index (κ1) is 17.0. The van der Waals surface area contributed by atoms with Crippen LogP contribution in [-0.2, 0) is 4.79 Å². The molecule has 1 fully saturated rings. The molecule has 1 saturated heterocycles. The van der Waals surface area contributed by atoms with Crippen molar-refractivity contribution in [1.82, 2.24) is 4.90 Å². The molecule has 0 bridgehead atoms. The zero-order valence-corrected chi connectivity index (χ0v) is 15.6. The van der Waals surface area contributed by atoms with E-state index in [1.54, 1.807) is 17.0 Å². The predicted octanol–water partition coefficient (Wildman–Crippen LogP) is 3.84. The molecule has 0 radical (unpaired) electrons. The Balaban J connectivity index is 1.74. The summed E-state index contributed by atoms with van der Waals surface area (Å²) >= 11 is 2.25. The van der Waals surface area contributed by atoms with E-state index >= 15 is 0 Å². The fourth-order valence-electron chi connectivity index (χ4n) is 2.93. The van der Waals surface area contributed by atoms with Crippen molar-refractivity contribution in [2.24, 2.45) is 0 Å². The Bertz CT molecular complexity index is 761. The average molecular weight is 434 g/mol. The van der Waals surface area contributed by atoms with Gasteiger partial charge in [-0.3, -0.25) is 9.59 Å². The first-order valence-electron chi connectivity index (χ1n) is 7.99. The maximum Gasteiger partial charge on any atom is 0.254 e. The van der Waals surface area contributed by atoms with E-state index < -0.39 is 6.04 Å². The highest BCUT2D eigenvalue weighted by molar-refractivity contribution is 14.1. The molecule has 1 heterocycles. The van der Waals surface area contributed by atoms with Crippen LogP contribution in [0.1, 0.15) is 28.8 Å². The van der Waals surface area contributed by atoms with E-state index in [1.807, 2.05) is 43.3 Å². The Morgan fingerprint density at radius 2 is 1.92 bits per heavy atom. The molecule has 1 N–H and O–H groups in total. The van der Waals surface area contributed by atoms with Crippen molar-refractivity contribution >= 4 is 40.1 Å². The van der Waals surface area contributed by atoms with E-state index in [4.69, 9.17) is 0 Å². The van der Waals surface area contributed by atoms with Crippen LogP contribution >= 0.6 is 22.6 Å². The summed E-state index contributed by atoms with van der Waals surface area (Å²) in [6, 6.07) is 14.6. The molecule has 0 spiro atoms. The lowest BCUT2D eigenvalue weighted by molar-refractivity contribution is -0.119. The van der Waals surface area contributed by atoms with Gasteiger partial charge in [0, 0.05) is 21.4 Å².